The van der Waals surface area contributed by atoms with Crippen molar-refractivity contribution in [3.8, 4) is 0 Å². The fraction of sp³-hybridized carbons (Fsp3) is 0.231. The average molecular weight is 311 g/mol. The molecule has 1 heterocycles. The number of nitrogens with zero attached hydrogens (tertiary/aromatic N) is 2. The summed E-state index contributed by atoms with van der Waals surface area (Å²) in [5.74, 6) is -0.362. The average Bonchev–Trinajstić information content (AvgIpc) is 2.46. The van der Waals surface area contributed by atoms with Crippen LogP contribution < -0.4 is 4.72 Å². The molecule has 0 saturated heterocycles. The lowest BCUT2D eigenvalue weighted by atomic mass is 10.2. The highest BCUT2D eigenvalue weighted by atomic mass is 32.2. The molecular formula is C13H14FN3O3S. The smallest absolute Gasteiger partial charge is 0.243 e. The van der Waals surface area contributed by atoms with Gasteiger partial charge in [0.25, 0.3) is 0 Å². The summed E-state index contributed by atoms with van der Waals surface area (Å²) < 4.78 is 40.1. The van der Waals surface area contributed by atoms with Crippen LogP contribution in [0.15, 0.2) is 35.4 Å². The largest absolute Gasteiger partial charge is 0.392 e. The van der Waals surface area contributed by atoms with Gasteiger partial charge in [0.05, 0.1) is 18.8 Å². The first kappa shape index (κ1) is 15.5. The van der Waals surface area contributed by atoms with Gasteiger partial charge in [-0.25, -0.2) is 27.5 Å². The summed E-state index contributed by atoms with van der Waals surface area (Å²) >= 11 is 0. The number of rotatable bonds is 5. The minimum absolute atomic E-state index is 0.0749. The minimum atomic E-state index is -4.03. The molecule has 8 heteroatoms. The highest BCUT2D eigenvalue weighted by molar-refractivity contribution is 7.89. The van der Waals surface area contributed by atoms with Gasteiger partial charge < -0.3 is 5.11 Å². The van der Waals surface area contributed by atoms with Crippen LogP contribution in [0.25, 0.3) is 0 Å². The van der Waals surface area contributed by atoms with Crippen LogP contribution in [0.4, 0.5) is 4.39 Å². The molecular weight excluding hydrogens is 297 g/mol. The number of aliphatic hydroxyl groups excluding tert-OH is 1. The standard InChI is InChI=1S/C13H14FN3O3S/c1-9-15-5-4-11(17-9)7-16-21(19,20)13-6-10(8-18)2-3-12(13)14/h2-6,16,18H,7-8H2,1H3. The topological polar surface area (TPSA) is 92.2 Å². The molecule has 21 heavy (non-hydrogen) atoms. The van der Waals surface area contributed by atoms with Gasteiger partial charge in [0.15, 0.2) is 0 Å². The number of aliphatic hydroxyl groups is 1. The Labute approximate surface area is 121 Å². The second-order valence-corrected chi connectivity index (χ2v) is 6.08. The van der Waals surface area contributed by atoms with E-state index in [2.05, 4.69) is 14.7 Å². The van der Waals surface area contributed by atoms with Gasteiger partial charge in [-0.2, -0.15) is 0 Å². The van der Waals surface area contributed by atoms with Crippen molar-refractivity contribution in [2.45, 2.75) is 25.0 Å². The molecule has 0 fully saturated rings. The third-order valence-corrected chi connectivity index (χ3v) is 4.16. The molecule has 0 aliphatic carbocycles. The molecule has 2 N–H and O–H groups in total. The minimum Gasteiger partial charge on any atom is -0.392 e. The molecule has 6 nitrogen and oxygen atoms in total. The van der Waals surface area contributed by atoms with E-state index < -0.39 is 20.7 Å². The van der Waals surface area contributed by atoms with Gasteiger partial charge in [0, 0.05) is 6.20 Å². The Bertz CT molecular complexity index is 750. The Hall–Kier alpha value is -1.90. The summed E-state index contributed by atoms with van der Waals surface area (Å²) in [6, 6.07) is 5.00. The monoisotopic (exact) mass is 311 g/mol. The van der Waals surface area contributed by atoms with Gasteiger partial charge in [-0.3, -0.25) is 0 Å². The van der Waals surface area contributed by atoms with E-state index >= 15 is 0 Å². The maximum atomic E-state index is 13.7. The van der Waals surface area contributed by atoms with Crippen LogP contribution in [0.2, 0.25) is 0 Å². The first-order valence-electron chi connectivity index (χ1n) is 6.10. The van der Waals surface area contributed by atoms with Crippen LogP contribution in [0.5, 0.6) is 0 Å². The number of nitrogens with one attached hydrogen (secondary N) is 1. The Morgan fingerprint density at radius 1 is 1.33 bits per heavy atom. The summed E-state index contributed by atoms with van der Waals surface area (Å²) in [4.78, 5) is 7.46. The number of hydrogen-bond acceptors (Lipinski definition) is 5. The lowest BCUT2D eigenvalue weighted by Crippen LogP contribution is -2.25. The maximum Gasteiger partial charge on any atom is 0.243 e. The van der Waals surface area contributed by atoms with E-state index in [0.717, 1.165) is 12.1 Å². The molecule has 1 aromatic carbocycles. The third kappa shape index (κ3) is 3.81. The van der Waals surface area contributed by atoms with Gasteiger partial charge in [0.2, 0.25) is 10.0 Å². The fourth-order valence-electron chi connectivity index (χ4n) is 1.70. The molecule has 0 atom stereocenters. The molecule has 2 aromatic rings. The van der Waals surface area contributed by atoms with Crippen molar-refractivity contribution in [2.24, 2.45) is 0 Å². The first-order chi connectivity index (χ1) is 9.92. The Kier molecular flexibility index (Phi) is 4.61. The maximum absolute atomic E-state index is 13.7. The van der Waals surface area contributed by atoms with Crippen molar-refractivity contribution < 1.29 is 17.9 Å². The number of halogens is 1. The second kappa shape index (κ2) is 6.25. The molecule has 2 rings (SSSR count). The number of aryl methyl sites for hydroxylation is 1. The van der Waals surface area contributed by atoms with E-state index in [1.807, 2.05) is 0 Å². The molecule has 1 aromatic heterocycles. The van der Waals surface area contributed by atoms with Crippen molar-refractivity contribution in [1.29, 1.82) is 0 Å². The normalized spacial score (nSPS) is 11.6. The van der Waals surface area contributed by atoms with Gasteiger partial charge in [-0.15, -0.1) is 0 Å². The van der Waals surface area contributed by atoms with E-state index in [1.165, 1.54) is 12.3 Å². The number of benzene rings is 1. The predicted molar refractivity (Wildman–Crippen MR) is 73.1 cm³/mol. The van der Waals surface area contributed by atoms with E-state index in [0.29, 0.717) is 17.1 Å². The summed E-state index contributed by atoms with van der Waals surface area (Å²) in [5.41, 5.74) is 0.791. The van der Waals surface area contributed by atoms with Crippen LogP contribution in [0.1, 0.15) is 17.1 Å². The highest BCUT2D eigenvalue weighted by Gasteiger charge is 2.19. The molecule has 0 aliphatic rings. The second-order valence-electron chi connectivity index (χ2n) is 4.34. The zero-order valence-corrected chi connectivity index (χ0v) is 12.1. The molecule has 0 amide bonds. The molecule has 0 radical (unpaired) electrons. The van der Waals surface area contributed by atoms with Crippen LogP contribution in [-0.4, -0.2) is 23.5 Å². The summed E-state index contributed by atoms with van der Waals surface area (Å²) in [6.45, 7) is 1.24. The highest BCUT2D eigenvalue weighted by Crippen LogP contribution is 2.16. The number of sulfonamides is 1. The summed E-state index contributed by atoms with van der Waals surface area (Å²) in [6.07, 6.45) is 1.51. The predicted octanol–water partition coefficient (Wildman–Crippen LogP) is 0.895. The van der Waals surface area contributed by atoms with Crippen molar-refractivity contribution in [1.82, 2.24) is 14.7 Å². The fourth-order valence-corrected chi connectivity index (χ4v) is 2.83. The zero-order valence-electron chi connectivity index (χ0n) is 11.2. The molecule has 0 aliphatic heterocycles. The Balaban J connectivity index is 2.22. The van der Waals surface area contributed by atoms with E-state index in [9.17, 15) is 12.8 Å². The third-order valence-electron chi connectivity index (χ3n) is 2.74. The molecule has 112 valence electrons. The van der Waals surface area contributed by atoms with E-state index in [-0.39, 0.29) is 13.2 Å². The first-order valence-corrected chi connectivity index (χ1v) is 7.58. The van der Waals surface area contributed by atoms with Gasteiger partial charge in [-0.1, -0.05) is 6.07 Å². The number of aromatic nitrogens is 2. The molecule has 0 unspecified atom stereocenters. The van der Waals surface area contributed by atoms with E-state index in [1.54, 1.807) is 13.0 Å². The summed E-state index contributed by atoms with van der Waals surface area (Å²) in [7, 11) is -4.03. The lowest BCUT2D eigenvalue weighted by Gasteiger charge is -2.09. The molecule has 0 spiro atoms. The zero-order chi connectivity index (χ0) is 15.5. The van der Waals surface area contributed by atoms with Crippen LogP contribution >= 0.6 is 0 Å². The lowest BCUT2D eigenvalue weighted by molar-refractivity contribution is 0.281. The Morgan fingerprint density at radius 2 is 2.10 bits per heavy atom. The van der Waals surface area contributed by atoms with Gasteiger partial charge >= 0.3 is 0 Å². The van der Waals surface area contributed by atoms with Crippen molar-refractivity contribution in [3.63, 3.8) is 0 Å². The van der Waals surface area contributed by atoms with Crippen molar-refractivity contribution in [3.05, 3.63) is 53.4 Å². The van der Waals surface area contributed by atoms with Crippen LogP contribution in [0.3, 0.4) is 0 Å². The SMILES string of the molecule is Cc1nccc(CNS(=O)(=O)c2cc(CO)ccc2F)n1. The Morgan fingerprint density at radius 3 is 2.76 bits per heavy atom. The molecule has 0 bridgehead atoms. The summed E-state index contributed by atoms with van der Waals surface area (Å²) in [5, 5.41) is 9.00. The number of hydrogen-bond donors (Lipinski definition) is 2. The van der Waals surface area contributed by atoms with Gasteiger partial charge in [0.1, 0.15) is 16.5 Å². The molecule has 0 saturated carbocycles. The quantitative estimate of drug-likeness (QED) is 0.856. The van der Waals surface area contributed by atoms with Gasteiger partial charge in [-0.05, 0) is 30.7 Å². The van der Waals surface area contributed by atoms with Crippen molar-refractivity contribution >= 4 is 10.0 Å². The van der Waals surface area contributed by atoms with Crippen molar-refractivity contribution in [2.75, 3.05) is 0 Å². The van der Waals surface area contributed by atoms with E-state index in [4.69, 9.17) is 5.11 Å². The van der Waals surface area contributed by atoms with Crippen LogP contribution in [0, 0.1) is 12.7 Å². The van der Waals surface area contributed by atoms with Crippen LogP contribution in [-0.2, 0) is 23.2 Å².